The number of pyridine rings is 1. The third-order valence-electron chi connectivity index (χ3n) is 10.9. The van der Waals surface area contributed by atoms with Gasteiger partial charge in [-0.1, -0.05) is 152 Å². The lowest BCUT2D eigenvalue weighted by molar-refractivity contribution is 0.507. The summed E-state index contributed by atoms with van der Waals surface area (Å²) in [7, 11) is 0. The zero-order valence-electron chi connectivity index (χ0n) is 27.1. The maximum absolute atomic E-state index is 6.92. The van der Waals surface area contributed by atoms with Gasteiger partial charge in [0.2, 0.25) is 0 Å². The Hall–Kier alpha value is -6.51. The summed E-state index contributed by atoms with van der Waals surface area (Å²) >= 11 is 0. The van der Waals surface area contributed by atoms with Crippen LogP contribution in [-0.4, -0.2) is 4.98 Å². The number of hydrogen-bond donors (Lipinski definition) is 0. The first-order valence-corrected chi connectivity index (χ1v) is 17.2. The molecule has 7 aromatic carbocycles. The first kappa shape index (κ1) is 27.4. The molecule has 0 bridgehead atoms. The maximum atomic E-state index is 6.92. The van der Waals surface area contributed by atoms with E-state index in [1.165, 1.54) is 55.1 Å². The van der Waals surface area contributed by atoms with Crippen molar-refractivity contribution in [1.29, 1.82) is 0 Å². The van der Waals surface area contributed by atoms with E-state index in [1.807, 2.05) is 0 Å². The average molecular weight is 636 g/mol. The molecule has 2 nitrogen and oxygen atoms in total. The van der Waals surface area contributed by atoms with Crippen molar-refractivity contribution in [3.05, 3.63) is 198 Å². The highest BCUT2D eigenvalue weighted by molar-refractivity contribution is 6.05. The molecule has 2 aliphatic rings. The smallest absolute Gasteiger partial charge is 0.135 e. The Labute approximate surface area is 290 Å². The van der Waals surface area contributed by atoms with Crippen LogP contribution in [0.3, 0.4) is 0 Å². The summed E-state index contributed by atoms with van der Waals surface area (Å²) < 4.78 is 6.92. The Bertz CT molecular complexity index is 2820. The van der Waals surface area contributed by atoms with Crippen molar-refractivity contribution < 1.29 is 4.42 Å². The van der Waals surface area contributed by atoms with E-state index in [4.69, 9.17) is 9.40 Å². The molecule has 2 aliphatic carbocycles. The summed E-state index contributed by atoms with van der Waals surface area (Å²) in [6.45, 7) is 0. The molecule has 0 aliphatic heterocycles. The van der Waals surface area contributed by atoms with E-state index in [2.05, 4.69) is 176 Å². The van der Waals surface area contributed by atoms with Crippen LogP contribution in [0.2, 0.25) is 0 Å². The van der Waals surface area contributed by atoms with Crippen molar-refractivity contribution in [2.24, 2.45) is 0 Å². The monoisotopic (exact) mass is 635 g/mol. The minimum Gasteiger partial charge on any atom is -0.459 e. The summed E-state index contributed by atoms with van der Waals surface area (Å²) in [6.07, 6.45) is 0. The van der Waals surface area contributed by atoms with Gasteiger partial charge in [0.05, 0.1) is 11.4 Å². The molecule has 1 spiro atoms. The lowest BCUT2D eigenvalue weighted by atomic mass is 9.73. The third kappa shape index (κ3) is 3.65. The van der Waals surface area contributed by atoms with Crippen molar-refractivity contribution >= 4 is 21.7 Å². The van der Waals surface area contributed by atoms with E-state index < -0.39 is 5.41 Å². The SMILES string of the molecule is c1ccc(-c2cc(-c3ccc4c(c3)-c3ccccc3C43c4ccccc4-c4c3oc3ccccc43)cc(-c3cccc4ccccc34)n2)cc1. The predicted molar refractivity (Wildman–Crippen MR) is 204 cm³/mol. The minimum atomic E-state index is -0.531. The van der Waals surface area contributed by atoms with E-state index in [-0.39, 0.29) is 0 Å². The van der Waals surface area contributed by atoms with Gasteiger partial charge in [-0.05, 0) is 79.5 Å². The molecule has 0 N–H and O–H groups in total. The van der Waals surface area contributed by atoms with Crippen molar-refractivity contribution in [1.82, 2.24) is 4.98 Å². The average Bonchev–Trinajstić information content (AvgIpc) is 3.81. The molecule has 11 rings (SSSR count). The topological polar surface area (TPSA) is 26.0 Å². The normalized spacial score (nSPS) is 15.3. The maximum Gasteiger partial charge on any atom is 0.135 e. The molecule has 2 heteroatoms. The Balaban J connectivity index is 1.17. The number of aromatic nitrogens is 1. The second-order valence-electron chi connectivity index (χ2n) is 13.4. The molecule has 0 amide bonds. The lowest BCUT2D eigenvalue weighted by Gasteiger charge is -2.28. The van der Waals surface area contributed by atoms with Crippen molar-refractivity contribution in [3.8, 4) is 55.9 Å². The first-order chi connectivity index (χ1) is 24.8. The Kier molecular flexibility index (Phi) is 5.62. The molecule has 9 aromatic rings. The van der Waals surface area contributed by atoms with Crippen molar-refractivity contribution in [3.63, 3.8) is 0 Å². The number of fused-ring (bicyclic) bond motifs is 13. The van der Waals surface area contributed by atoms with Gasteiger partial charge in [-0.15, -0.1) is 0 Å². The molecule has 1 atom stereocenters. The standard InChI is InChI=1S/C48H29NO/c1-2-14-31(15-3-1)43-28-33(29-44(49-43)36-21-12-16-30-13-4-5-17-34(30)36)32-25-26-42-39(27-32)35-18-6-9-22-40(35)48(42)41-23-10-7-19-37(41)46-38-20-8-11-24-45(38)50-47(46)48/h1-29H. The molecule has 2 aromatic heterocycles. The molecule has 50 heavy (non-hydrogen) atoms. The van der Waals surface area contributed by atoms with E-state index in [0.29, 0.717) is 0 Å². The Morgan fingerprint density at radius 3 is 1.92 bits per heavy atom. The van der Waals surface area contributed by atoms with Crippen LogP contribution in [0.5, 0.6) is 0 Å². The highest BCUT2D eigenvalue weighted by Gasteiger charge is 2.54. The van der Waals surface area contributed by atoms with E-state index >= 15 is 0 Å². The van der Waals surface area contributed by atoms with Gasteiger partial charge in [0, 0.05) is 22.1 Å². The minimum absolute atomic E-state index is 0.531. The predicted octanol–water partition coefficient (Wildman–Crippen LogP) is 12.3. The number of benzene rings is 7. The number of nitrogens with zero attached hydrogens (tertiary/aromatic N) is 1. The number of furan rings is 1. The zero-order chi connectivity index (χ0) is 32.8. The fourth-order valence-electron chi connectivity index (χ4n) is 8.77. The summed E-state index contributed by atoms with van der Waals surface area (Å²) in [6, 6.07) is 63.3. The van der Waals surface area contributed by atoms with E-state index in [1.54, 1.807) is 0 Å². The molecule has 1 unspecified atom stereocenters. The molecule has 232 valence electrons. The van der Waals surface area contributed by atoms with Gasteiger partial charge in [0.1, 0.15) is 16.8 Å². The quantitative estimate of drug-likeness (QED) is 0.193. The summed E-state index contributed by atoms with van der Waals surface area (Å²) in [5.74, 6) is 1.02. The van der Waals surface area contributed by atoms with Crippen LogP contribution >= 0.6 is 0 Å². The second-order valence-corrected chi connectivity index (χ2v) is 13.4. The molecule has 2 heterocycles. The second kappa shape index (κ2) is 10.2. The van der Waals surface area contributed by atoms with Crippen LogP contribution in [0.25, 0.3) is 77.6 Å². The number of rotatable bonds is 3. The molecule has 0 fully saturated rings. The van der Waals surface area contributed by atoms with Crippen LogP contribution in [0, 0.1) is 0 Å². The summed E-state index contributed by atoms with van der Waals surface area (Å²) in [4.78, 5) is 5.27. The van der Waals surface area contributed by atoms with Crippen molar-refractivity contribution in [2.75, 3.05) is 0 Å². The van der Waals surface area contributed by atoms with Crippen LogP contribution in [0.1, 0.15) is 22.5 Å². The van der Waals surface area contributed by atoms with Crippen molar-refractivity contribution in [2.45, 2.75) is 5.41 Å². The number of hydrogen-bond acceptors (Lipinski definition) is 2. The molecule has 0 saturated carbocycles. The van der Waals surface area contributed by atoms with E-state index in [0.717, 1.165) is 45.0 Å². The number of para-hydroxylation sites is 1. The van der Waals surface area contributed by atoms with Gasteiger partial charge in [-0.3, -0.25) is 0 Å². The highest BCUT2D eigenvalue weighted by Crippen LogP contribution is 2.64. The molecule has 0 saturated heterocycles. The highest BCUT2D eigenvalue weighted by atomic mass is 16.3. The van der Waals surface area contributed by atoms with Crippen LogP contribution in [0.15, 0.2) is 180 Å². The summed E-state index contributed by atoms with van der Waals surface area (Å²) in [5, 5.41) is 3.57. The van der Waals surface area contributed by atoms with Gasteiger partial charge in [0.25, 0.3) is 0 Å². The lowest BCUT2D eigenvalue weighted by Crippen LogP contribution is -2.25. The summed E-state index contributed by atoms with van der Waals surface area (Å²) in [5.41, 5.74) is 15.6. The Morgan fingerprint density at radius 1 is 0.400 bits per heavy atom. The molecular formula is C48H29NO. The van der Waals surface area contributed by atoms with Crippen LogP contribution < -0.4 is 0 Å². The Morgan fingerprint density at radius 2 is 1.04 bits per heavy atom. The van der Waals surface area contributed by atoms with Gasteiger partial charge in [-0.2, -0.15) is 0 Å². The van der Waals surface area contributed by atoms with Gasteiger partial charge in [-0.25, -0.2) is 4.98 Å². The van der Waals surface area contributed by atoms with E-state index in [9.17, 15) is 0 Å². The zero-order valence-corrected chi connectivity index (χ0v) is 27.1. The van der Waals surface area contributed by atoms with Gasteiger partial charge in [0.15, 0.2) is 0 Å². The molecule has 0 radical (unpaired) electrons. The third-order valence-corrected chi connectivity index (χ3v) is 10.9. The first-order valence-electron chi connectivity index (χ1n) is 17.2. The van der Waals surface area contributed by atoms with Gasteiger partial charge >= 0.3 is 0 Å². The van der Waals surface area contributed by atoms with Crippen LogP contribution in [-0.2, 0) is 5.41 Å². The fraction of sp³-hybridized carbons (Fsp3) is 0.0208. The largest absolute Gasteiger partial charge is 0.459 e. The van der Waals surface area contributed by atoms with Gasteiger partial charge < -0.3 is 4.42 Å². The molecular weight excluding hydrogens is 607 g/mol. The van der Waals surface area contributed by atoms with Crippen LogP contribution in [0.4, 0.5) is 0 Å². The fourth-order valence-corrected chi connectivity index (χ4v) is 8.77.